The van der Waals surface area contributed by atoms with Gasteiger partial charge in [0.25, 0.3) is 0 Å². The van der Waals surface area contributed by atoms with Crippen molar-refractivity contribution in [2.75, 3.05) is 11.5 Å². The molecule has 0 atom stereocenters. The molecule has 0 spiro atoms. The lowest BCUT2D eigenvalue weighted by Crippen LogP contribution is -1.90. The highest BCUT2D eigenvalue weighted by Crippen LogP contribution is 2.16. The van der Waals surface area contributed by atoms with Gasteiger partial charge in [0, 0.05) is 5.75 Å². The Morgan fingerprint density at radius 3 is 3.10 bits per heavy atom. The summed E-state index contributed by atoms with van der Waals surface area (Å²) in [6.07, 6.45) is 9.20. The Bertz CT molecular complexity index is 145. The summed E-state index contributed by atoms with van der Waals surface area (Å²) in [5.41, 5.74) is 1.61. The van der Waals surface area contributed by atoms with E-state index in [9.17, 15) is 0 Å². The predicted molar refractivity (Wildman–Crippen MR) is 49.5 cm³/mol. The summed E-state index contributed by atoms with van der Waals surface area (Å²) >= 11 is 2.01. The van der Waals surface area contributed by atoms with Crippen LogP contribution in [0.5, 0.6) is 0 Å². The largest absolute Gasteiger partial charge is 0.158 e. The zero-order valence-corrected chi connectivity index (χ0v) is 7.29. The second-order valence-corrected chi connectivity index (χ2v) is 3.70. The highest BCUT2D eigenvalue weighted by molar-refractivity contribution is 7.99. The molecule has 0 bridgehead atoms. The summed E-state index contributed by atoms with van der Waals surface area (Å²) in [4.78, 5) is 0. The normalized spacial score (nSPS) is 17.1. The maximum Gasteiger partial charge on any atom is 0.0146 e. The van der Waals surface area contributed by atoms with Gasteiger partial charge in [-0.1, -0.05) is 30.7 Å². The molecular weight excluding hydrogens is 140 g/mol. The fourth-order valence-corrected chi connectivity index (χ4v) is 1.71. The van der Waals surface area contributed by atoms with Gasteiger partial charge in [-0.2, -0.15) is 11.8 Å². The smallest absolute Gasteiger partial charge is 0.0146 e. The average Bonchev–Trinajstić information content (AvgIpc) is 2.03. The highest BCUT2D eigenvalue weighted by atomic mass is 32.2. The van der Waals surface area contributed by atoms with Crippen molar-refractivity contribution in [2.24, 2.45) is 0 Å². The van der Waals surface area contributed by atoms with Gasteiger partial charge < -0.3 is 0 Å². The SMILES string of the molecule is CCSCC1=CC=CCC1. The molecule has 0 aromatic carbocycles. The van der Waals surface area contributed by atoms with Gasteiger partial charge in [0.1, 0.15) is 0 Å². The molecule has 0 aromatic rings. The van der Waals surface area contributed by atoms with Gasteiger partial charge in [0.2, 0.25) is 0 Å². The Kier molecular flexibility index (Phi) is 3.66. The zero-order valence-electron chi connectivity index (χ0n) is 6.47. The zero-order chi connectivity index (χ0) is 7.23. The summed E-state index contributed by atoms with van der Waals surface area (Å²) in [5.74, 6) is 2.47. The summed E-state index contributed by atoms with van der Waals surface area (Å²) in [7, 11) is 0. The van der Waals surface area contributed by atoms with E-state index < -0.39 is 0 Å². The van der Waals surface area contributed by atoms with Crippen molar-refractivity contribution in [3.63, 3.8) is 0 Å². The highest BCUT2D eigenvalue weighted by Gasteiger charge is 1.97. The lowest BCUT2D eigenvalue weighted by Gasteiger charge is -2.06. The molecule has 0 heterocycles. The minimum atomic E-state index is 1.24. The van der Waals surface area contributed by atoms with Gasteiger partial charge in [-0.25, -0.2) is 0 Å². The van der Waals surface area contributed by atoms with E-state index in [0.717, 1.165) is 0 Å². The van der Waals surface area contributed by atoms with Gasteiger partial charge in [-0.15, -0.1) is 0 Å². The van der Waals surface area contributed by atoms with E-state index in [1.807, 2.05) is 11.8 Å². The van der Waals surface area contributed by atoms with Crippen molar-refractivity contribution >= 4 is 11.8 Å². The fourth-order valence-electron chi connectivity index (χ4n) is 1.01. The maximum atomic E-state index is 2.26. The molecule has 0 aromatic heterocycles. The third-order valence-electron chi connectivity index (χ3n) is 1.59. The van der Waals surface area contributed by atoms with Crippen LogP contribution >= 0.6 is 11.8 Å². The van der Waals surface area contributed by atoms with Gasteiger partial charge in [0.05, 0.1) is 0 Å². The van der Waals surface area contributed by atoms with Crippen LogP contribution in [-0.4, -0.2) is 11.5 Å². The Morgan fingerprint density at radius 2 is 2.50 bits per heavy atom. The van der Waals surface area contributed by atoms with Crippen LogP contribution in [0.3, 0.4) is 0 Å². The Morgan fingerprint density at radius 1 is 1.60 bits per heavy atom. The van der Waals surface area contributed by atoms with Crippen LogP contribution < -0.4 is 0 Å². The molecule has 0 aliphatic heterocycles. The van der Waals surface area contributed by atoms with E-state index in [-0.39, 0.29) is 0 Å². The average molecular weight is 154 g/mol. The second kappa shape index (κ2) is 4.62. The molecule has 1 rings (SSSR count). The van der Waals surface area contributed by atoms with E-state index in [0.29, 0.717) is 0 Å². The Balaban J connectivity index is 2.25. The van der Waals surface area contributed by atoms with Gasteiger partial charge in [0.15, 0.2) is 0 Å². The molecule has 1 aliphatic rings. The molecule has 10 heavy (non-hydrogen) atoms. The van der Waals surface area contributed by atoms with Crippen LogP contribution in [0.15, 0.2) is 23.8 Å². The molecule has 0 radical (unpaired) electrons. The molecule has 56 valence electrons. The third kappa shape index (κ3) is 2.61. The summed E-state index contributed by atoms with van der Waals surface area (Å²) in [6, 6.07) is 0. The second-order valence-electron chi connectivity index (χ2n) is 2.43. The van der Waals surface area contributed by atoms with E-state index in [1.54, 1.807) is 5.57 Å². The van der Waals surface area contributed by atoms with Gasteiger partial charge in [-0.05, 0) is 18.6 Å². The first-order chi connectivity index (χ1) is 4.93. The van der Waals surface area contributed by atoms with Crippen LogP contribution in [0.2, 0.25) is 0 Å². The molecular formula is C9H14S. The first-order valence-corrected chi connectivity index (χ1v) is 5.01. The first kappa shape index (κ1) is 7.93. The standard InChI is InChI=1S/C9H14S/c1-2-10-8-9-6-4-3-5-7-9/h3-4,6H,2,5,7-8H2,1H3. The monoisotopic (exact) mass is 154 g/mol. The number of allylic oxidation sites excluding steroid dienone is 3. The van der Waals surface area contributed by atoms with Crippen molar-refractivity contribution < 1.29 is 0 Å². The molecule has 0 fully saturated rings. The third-order valence-corrected chi connectivity index (χ3v) is 2.57. The van der Waals surface area contributed by atoms with Crippen molar-refractivity contribution in [2.45, 2.75) is 19.8 Å². The maximum absolute atomic E-state index is 2.26. The van der Waals surface area contributed by atoms with Crippen LogP contribution in [0, 0.1) is 0 Å². The predicted octanol–water partition coefficient (Wildman–Crippen LogP) is 3.02. The van der Waals surface area contributed by atoms with E-state index in [4.69, 9.17) is 0 Å². The molecule has 0 unspecified atom stereocenters. The molecule has 0 nitrogen and oxygen atoms in total. The summed E-state index contributed by atoms with van der Waals surface area (Å²) < 4.78 is 0. The summed E-state index contributed by atoms with van der Waals surface area (Å²) in [5, 5.41) is 0. The lowest BCUT2D eigenvalue weighted by molar-refractivity contribution is 0.966. The van der Waals surface area contributed by atoms with Gasteiger partial charge >= 0.3 is 0 Å². The Hall–Kier alpha value is -0.170. The molecule has 0 amide bonds. The van der Waals surface area contributed by atoms with Crippen LogP contribution in [0.1, 0.15) is 19.8 Å². The van der Waals surface area contributed by atoms with Crippen molar-refractivity contribution in [1.82, 2.24) is 0 Å². The quantitative estimate of drug-likeness (QED) is 0.602. The van der Waals surface area contributed by atoms with Crippen molar-refractivity contribution in [1.29, 1.82) is 0 Å². The molecule has 0 saturated carbocycles. The minimum Gasteiger partial charge on any atom is -0.158 e. The van der Waals surface area contributed by atoms with E-state index in [1.165, 1.54) is 24.3 Å². The first-order valence-electron chi connectivity index (χ1n) is 3.86. The number of thioether (sulfide) groups is 1. The van der Waals surface area contributed by atoms with Crippen LogP contribution in [0.4, 0.5) is 0 Å². The van der Waals surface area contributed by atoms with Crippen LogP contribution in [0.25, 0.3) is 0 Å². The van der Waals surface area contributed by atoms with Crippen molar-refractivity contribution in [3.8, 4) is 0 Å². The van der Waals surface area contributed by atoms with Crippen molar-refractivity contribution in [3.05, 3.63) is 23.8 Å². The summed E-state index contributed by atoms with van der Waals surface area (Å²) in [6.45, 7) is 2.21. The topological polar surface area (TPSA) is 0 Å². The molecule has 1 heteroatoms. The van der Waals surface area contributed by atoms with E-state index in [2.05, 4.69) is 25.2 Å². The fraction of sp³-hybridized carbons (Fsp3) is 0.556. The number of hydrogen-bond donors (Lipinski definition) is 0. The van der Waals surface area contributed by atoms with Crippen LogP contribution in [-0.2, 0) is 0 Å². The molecule has 0 saturated heterocycles. The molecule has 0 N–H and O–H groups in total. The number of rotatable bonds is 3. The Labute approximate surface area is 67.4 Å². The number of hydrogen-bond acceptors (Lipinski definition) is 1. The van der Waals surface area contributed by atoms with E-state index >= 15 is 0 Å². The molecule has 1 aliphatic carbocycles. The minimum absolute atomic E-state index is 1.24. The van der Waals surface area contributed by atoms with Gasteiger partial charge in [-0.3, -0.25) is 0 Å². The lowest BCUT2D eigenvalue weighted by atomic mass is 10.1.